The van der Waals surface area contributed by atoms with Gasteiger partial charge in [0.1, 0.15) is 5.75 Å². The van der Waals surface area contributed by atoms with Crippen LogP contribution in [-0.2, 0) is 6.42 Å². The van der Waals surface area contributed by atoms with Crippen LogP contribution in [0.5, 0.6) is 5.75 Å². The average Bonchev–Trinajstić information content (AvgIpc) is 3.17. The first-order valence-electron chi connectivity index (χ1n) is 11.5. The minimum Gasteiger partial charge on any atom is -0.496 e. The van der Waals surface area contributed by atoms with Crippen LogP contribution in [0, 0.1) is 6.92 Å². The predicted octanol–water partition coefficient (Wildman–Crippen LogP) is 4.64. The Balaban J connectivity index is 1.65. The third-order valence-corrected chi connectivity index (χ3v) is 7.63. The lowest BCUT2D eigenvalue weighted by Crippen LogP contribution is -2.39. The maximum absolute atomic E-state index is 13.8. The van der Waals surface area contributed by atoms with Crippen LogP contribution in [0.15, 0.2) is 88.2 Å². The first kappa shape index (κ1) is 20.9. The van der Waals surface area contributed by atoms with Crippen molar-refractivity contribution in [2.45, 2.75) is 25.8 Å². The standard InChI is InChI=1S/C29H24N2O2S/c1-18-8-7-9-19(16-18)17-25-28(32)31-27(22-12-5-6-13-24(22)33-2)23-15-14-20-10-3-4-11-21(20)26(23)30-29(31)34-25/h3-13,16-17,27H,14-15H2,1-2H3/b25-17-/t27-/m0/s1. The van der Waals surface area contributed by atoms with Gasteiger partial charge in [0.05, 0.1) is 23.4 Å². The minimum absolute atomic E-state index is 0.00780. The van der Waals surface area contributed by atoms with Crippen LogP contribution in [0.1, 0.15) is 40.3 Å². The Hall–Kier alpha value is -3.70. The second kappa shape index (κ2) is 8.26. The Morgan fingerprint density at radius 3 is 2.71 bits per heavy atom. The van der Waals surface area contributed by atoms with Crippen molar-refractivity contribution in [3.8, 4) is 5.75 Å². The molecule has 0 saturated heterocycles. The number of aromatic nitrogens is 1. The van der Waals surface area contributed by atoms with Gasteiger partial charge < -0.3 is 4.74 Å². The Morgan fingerprint density at radius 2 is 1.85 bits per heavy atom. The molecule has 168 valence electrons. The van der Waals surface area contributed by atoms with Crippen molar-refractivity contribution < 1.29 is 4.74 Å². The first-order valence-corrected chi connectivity index (χ1v) is 12.3. The van der Waals surface area contributed by atoms with E-state index in [9.17, 15) is 4.79 Å². The van der Waals surface area contributed by atoms with Gasteiger partial charge in [0.2, 0.25) is 0 Å². The Bertz CT molecular complexity index is 1640. The molecule has 2 heterocycles. The molecule has 0 N–H and O–H groups in total. The fourth-order valence-electron chi connectivity index (χ4n) is 5.10. The molecule has 4 nitrogen and oxygen atoms in total. The molecule has 3 aromatic carbocycles. The molecule has 0 radical (unpaired) electrons. The van der Waals surface area contributed by atoms with Gasteiger partial charge in [0.15, 0.2) is 4.80 Å². The summed E-state index contributed by atoms with van der Waals surface area (Å²) in [5.74, 6) is 0.786. The maximum atomic E-state index is 13.8. The zero-order valence-electron chi connectivity index (χ0n) is 19.1. The Kier molecular flexibility index (Phi) is 5.07. The van der Waals surface area contributed by atoms with Gasteiger partial charge in [-0.1, -0.05) is 83.6 Å². The van der Waals surface area contributed by atoms with Crippen molar-refractivity contribution in [3.05, 3.63) is 126 Å². The summed E-state index contributed by atoms with van der Waals surface area (Å²) in [6.07, 6.45) is 3.77. The van der Waals surface area contributed by atoms with E-state index in [1.165, 1.54) is 33.6 Å². The molecule has 0 bridgehead atoms. The molecule has 0 spiro atoms. The van der Waals surface area contributed by atoms with Gasteiger partial charge in [-0.2, -0.15) is 0 Å². The van der Waals surface area contributed by atoms with Crippen LogP contribution in [0.2, 0.25) is 0 Å². The van der Waals surface area contributed by atoms with Gasteiger partial charge in [0, 0.05) is 11.1 Å². The lowest BCUT2D eigenvalue weighted by atomic mass is 9.83. The van der Waals surface area contributed by atoms with E-state index in [-0.39, 0.29) is 11.6 Å². The average molecular weight is 465 g/mol. The zero-order valence-corrected chi connectivity index (χ0v) is 19.9. The summed E-state index contributed by atoms with van der Waals surface area (Å²) in [4.78, 5) is 19.6. The monoisotopic (exact) mass is 464 g/mol. The van der Waals surface area contributed by atoms with E-state index in [1.54, 1.807) is 7.11 Å². The number of rotatable bonds is 3. The van der Waals surface area contributed by atoms with E-state index in [0.717, 1.165) is 40.2 Å². The summed E-state index contributed by atoms with van der Waals surface area (Å²) in [6.45, 7) is 2.06. The van der Waals surface area contributed by atoms with E-state index in [0.29, 0.717) is 4.53 Å². The smallest absolute Gasteiger partial charge is 0.271 e. The Morgan fingerprint density at radius 1 is 1.03 bits per heavy atom. The lowest BCUT2D eigenvalue weighted by Gasteiger charge is -2.31. The maximum Gasteiger partial charge on any atom is 0.271 e. The van der Waals surface area contributed by atoms with Crippen LogP contribution in [0.25, 0.3) is 11.8 Å². The molecule has 5 heteroatoms. The lowest BCUT2D eigenvalue weighted by molar-refractivity contribution is 0.402. The number of benzene rings is 3. The zero-order chi connectivity index (χ0) is 23.2. The molecular formula is C29H24N2O2S. The van der Waals surface area contributed by atoms with Crippen LogP contribution >= 0.6 is 11.3 Å². The molecule has 0 fully saturated rings. The first-order chi connectivity index (χ1) is 16.6. The fraction of sp³-hybridized carbons (Fsp3) is 0.172. The quantitative estimate of drug-likeness (QED) is 0.444. The van der Waals surface area contributed by atoms with Crippen molar-refractivity contribution in [1.82, 2.24) is 4.57 Å². The molecule has 0 amide bonds. The van der Waals surface area contributed by atoms with Crippen LogP contribution in [0.4, 0.5) is 0 Å². The second-order valence-corrected chi connectivity index (χ2v) is 9.78. The number of nitrogens with zero attached hydrogens (tertiary/aromatic N) is 2. The third-order valence-electron chi connectivity index (χ3n) is 6.65. The molecule has 4 aromatic rings. The van der Waals surface area contributed by atoms with Crippen LogP contribution in [0.3, 0.4) is 0 Å². The molecule has 1 aliphatic heterocycles. The number of ether oxygens (including phenoxy) is 1. The largest absolute Gasteiger partial charge is 0.496 e. The molecule has 0 saturated carbocycles. The normalized spacial score (nSPS) is 17.0. The molecular weight excluding hydrogens is 440 g/mol. The Labute approximate surface area is 201 Å². The summed E-state index contributed by atoms with van der Waals surface area (Å²) >= 11 is 1.46. The summed E-state index contributed by atoms with van der Waals surface area (Å²) in [5.41, 5.74) is 7.83. The number of allylic oxidation sites excluding steroid dienone is 1. The van der Waals surface area contributed by atoms with Crippen LogP contribution < -0.4 is 19.6 Å². The van der Waals surface area contributed by atoms with E-state index in [2.05, 4.69) is 49.4 Å². The number of para-hydroxylation sites is 1. The number of hydrogen-bond acceptors (Lipinski definition) is 4. The summed E-state index contributed by atoms with van der Waals surface area (Å²) in [5, 5.41) is 0. The summed E-state index contributed by atoms with van der Waals surface area (Å²) < 4.78 is 8.31. The van der Waals surface area contributed by atoms with E-state index >= 15 is 0 Å². The number of thiazole rings is 1. The van der Waals surface area contributed by atoms with Gasteiger partial charge in [-0.25, -0.2) is 4.99 Å². The van der Waals surface area contributed by atoms with Gasteiger partial charge >= 0.3 is 0 Å². The molecule has 0 unspecified atom stereocenters. The van der Waals surface area contributed by atoms with Crippen molar-refractivity contribution in [2.75, 3.05) is 7.11 Å². The van der Waals surface area contributed by atoms with Gasteiger partial charge in [0.25, 0.3) is 5.56 Å². The summed E-state index contributed by atoms with van der Waals surface area (Å²) in [6, 6.07) is 24.5. The third kappa shape index (κ3) is 3.35. The van der Waals surface area contributed by atoms with E-state index in [4.69, 9.17) is 9.73 Å². The molecule has 2 aliphatic rings. The highest BCUT2D eigenvalue weighted by Gasteiger charge is 2.33. The van der Waals surface area contributed by atoms with E-state index in [1.807, 2.05) is 41.0 Å². The second-order valence-electron chi connectivity index (χ2n) is 8.77. The molecule has 6 rings (SSSR count). The number of hydrogen-bond donors (Lipinski definition) is 0. The minimum atomic E-state index is -0.240. The van der Waals surface area contributed by atoms with Gasteiger partial charge in [-0.3, -0.25) is 9.36 Å². The molecule has 1 atom stereocenters. The molecule has 1 aliphatic carbocycles. The summed E-state index contributed by atoms with van der Waals surface area (Å²) in [7, 11) is 1.69. The number of fused-ring (bicyclic) bond motifs is 3. The fourth-order valence-corrected chi connectivity index (χ4v) is 6.10. The highest BCUT2D eigenvalue weighted by Crippen LogP contribution is 2.43. The van der Waals surface area contributed by atoms with Crippen molar-refractivity contribution in [1.29, 1.82) is 0 Å². The van der Waals surface area contributed by atoms with Crippen LogP contribution in [-0.4, -0.2) is 11.7 Å². The van der Waals surface area contributed by atoms with Crippen molar-refractivity contribution in [2.24, 2.45) is 4.99 Å². The van der Waals surface area contributed by atoms with E-state index < -0.39 is 0 Å². The SMILES string of the molecule is COc1ccccc1[C@H]1C2=C(N=c3s/c(=C\c4cccc(C)c4)c(=O)n31)c1ccccc1CC2. The van der Waals surface area contributed by atoms with Gasteiger partial charge in [-0.15, -0.1) is 0 Å². The highest BCUT2D eigenvalue weighted by atomic mass is 32.1. The van der Waals surface area contributed by atoms with Crippen molar-refractivity contribution in [3.63, 3.8) is 0 Å². The molecule has 1 aromatic heterocycles. The molecule has 34 heavy (non-hydrogen) atoms. The van der Waals surface area contributed by atoms with Crippen molar-refractivity contribution >= 4 is 23.1 Å². The number of methoxy groups -OCH3 is 1. The number of aryl methyl sites for hydroxylation is 2. The topological polar surface area (TPSA) is 43.6 Å². The predicted molar refractivity (Wildman–Crippen MR) is 137 cm³/mol. The van der Waals surface area contributed by atoms with Gasteiger partial charge in [-0.05, 0) is 48.6 Å². The highest BCUT2D eigenvalue weighted by molar-refractivity contribution is 7.07.